The minimum absolute atomic E-state index is 0.0650. The van der Waals surface area contributed by atoms with Crippen LogP contribution in [0.25, 0.3) is 0 Å². The van der Waals surface area contributed by atoms with Gasteiger partial charge in [-0.25, -0.2) is 0 Å². The standard InChI is InChI=1S/C16H25N5O2/c1-13(2)20-8-3-6-16(15(20)23)7-4-9-21(16)14(22)5-10-19-11-17-18-12-19/h11-13H,3-10H2,1-2H3. The van der Waals surface area contributed by atoms with E-state index in [1.165, 1.54) is 0 Å². The molecule has 2 amide bonds. The molecule has 3 heterocycles. The summed E-state index contributed by atoms with van der Waals surface area (Å²) in [6.07, 6.45) is 7.09. The van der Waals surface area contributed by atoms with Crippen LogP contribution >= 0.6 is 0 Å². The highest BCUT2D eigenvalue weighted by atomic mass is 16.2. The molecule has 0 aliphatic carbocycles. The Morgan fingerprint density at radius 1 is 1.22 bits per heavy atom. The van der Waals surface area contributed by atoms with Crippen molar-refractivity contribution in [2.75, 3.05) is 13.1 Å². The van der Waals surface area contributed by atoms with Crippen LogP contribution in [0.3, 0.4) is 0 Å². The number of carbonyl (C=O) groups excluding carboxylic acids is 2. The maximum Gasteiger partial charge on any atom is 0.248 e. The van der Waals surface area contributed by atoms with Crippen LogP contribution in [0.15, 0.2) is 12.7 Å². The Balaban J connectivity index is 1.73. The van der Waals surface area contributed by atoms with Crippen LogP contribution in [0, 0.1) is 0 Å². The zero-order valence-electron chi connectivity index (χ0n) is 13.9. The number of aromatic nitrogens is 3. The number of amides is 2. The summed E-state index contributed by atoms with van der Waals surface area (Å²) < 4.78 is 1.80. The number of carbonyl (C=O) groups is 2. The highest BCUT2D eigenvalue weighted by molar-refractivity contribution is 5.92. The van der Waals surface area contributed by atoms with Crippen LogP contribution in [-0.4, -0.2) is 61.0 Å². The first kappa shape index (κ1) is 16.0. The van der Waals surface area contributed by atoms with E-state index >= 15 is 0 Å². The molecule has 7 heteroatoms. The lowest BCUT2D eigenvalue weighted by Gasteiger charge is -2.46. The Morgan fingerprint density at radius 3 is 2.52 bits per heavy atom. The van der Waals surface area contributed by atoms with E-state index in [1.54, 1.807) is 17.2 Å². The number of nitrogens with zero attached hydrogens (tertiary/aromatic N) is 5. The molecule has 0 radical (unpaired) electrons. The van der Waals surface area contributed by atoms with Crippen molar-refractivity contribution in [2.24, 2.45) is 0 Å². The average Bonchev–Trinajstić information content (AvgIpc) is 3.18. The molecule has 0 aromatic carbocycles. The first-order valence-corrected chi connectivity index (χ1v) is 8.48. The number of piperidine rings is 1. The summed E-state index contributed by atoms with van der Waals surface area (Å²) in [5.74, 6) is 0.212. The second-order valence-electron chi connectivity index (χ2n) is 6.83. The van der Waals surface area contributed by atoms with E-state index in [4.69, 9.17) is 0 Å². The van der Waals surface area contributed by atoms with Crippen molar-refractivity contribution in [3.8, 4) is 0 Å². The number of likely N-dealkylation sites (tertiary alicyclic amines) is 2. The van der Waals surface area contributed by atoms with Gasteiger partial charge in [-0.15, -0.1) is 10.2 Å². The molecule has 0 N–H and O–H groups in total. The van der Waals surface area contributed by atoms with E-state index in [0.29, 0.717) is 19.5 Å². The first-order valence-electron chi connectivity index (χ1n) is 8.48. The van der Waals surface area contributed by atoms with E-state index in [0.717, 1.165) is 32.2 Å². The van der Waals surface area contributed by atoms with Crippen LogP contribution < -0.4 is 0 Å². The van der Waals surface area contributed by atoms with Crippen LogP contribution in [0.5, 0.6) is 0 Å². The van der Waals surface area contributed by atoms with Crippen molar-refractivity contribution in [1.82, 2.24) is 24.6 Å². The highest BCUT2D eigenvalue weighted by Gasteiger charge is 2.52. The summed E-state index contributed by atoms with van der Waals surface area (Å²) in [5, 5.41) is 7.50. The monoisotopic (exact) mass is 319 g/mol. The van der Waals surface area contributed by atoms with E-state index in [9.17, 15) is 9.59 Å². The molecule has 0 saturated carbocycles. The Bertz CT molecular complexity index is 571. The van der Waals surface area contributed by atoms with Crippen molar-refractivity contribution < 1.29 is 9.59 Å². The van der Waals surface area contributed by atoms with Gasteiger partial charge in [0.25, 0.3) is 0 Å². The summed E-state index contributed by atoms with van der Waals surface area (Å²) in [5.41, 5.74) is -0.590. The molecule has 2 aliphatic heterocycles. The molecule has 2 fully saturated rings. The third kappa shape index (κ3) is 2.84. The largest absolute Gasteiger partial charge is 0.338 e. The van der Waals surface area contributed by atoms with Gasteiger partial charge in [0.1, 0.15) is 18.2 Å². The predicted octanol–water partition coefficient (Wildman–Crippen LogP) is 1.06. The third-order valence-electron chi connectivity index (χ3n) is 5.11. The number of hydrogen-bond acceptors (Lipinski definition) is 4. The minimum Gasteiger partial charge on any atom is -0.338 e. The zero-order chi connectivity index (χ0) is 16.4. The Kier molecular flexibility index (Phi) is 4.37. The van der Waals surface area contributed by atoms with E-state index in [-0.39, 0.29) is 17.9 Å². The molecule has 2 saturated heterocycles. The van der Waals surface area contributed by atoms with Gasteiger partial charge in [0, 0.05) is 32.1 Å². The van der Waals surface area contributed by atoms with E-state index < -0.39 is 5.54 Å². The Morgan fingerprint density at radius 2 is 1.87 bits per heavy atom. The van der Waals surface area contributed by atoms with Crippen molar-refractivity contribution >= 4 is 11.8 Å². The van der Waals surface area contributed by atoms with Gasteiger partial charge in [-0.1, -0.05) is 0 Å². The molecule has 23 heavy (non-hydrogen) atoms. The summed E-state index contributed by atoms with van der Waals surface area (Å²) in [6.45, 7) is 6.15. The molecule has 1 spiro atoms. The van der Waals surface area contributed by atoms with Gasteiger partial charge in [-0.3, -0.25) is 9.59 Å². The van der Waals surface area contributed by atoms with Crippen molar-refractivity contribution in [1.29, 1.82) is 0 Å². The SMILES string of the molecule is CC(C)N1CCCC2(CCCN2C(=O)CCn2cnnc2)C1=O. The fourth-order valence-corrected chi connectivity index (χ4v) is 3.93. The van der Waals surface area contributed by atoms with Gasteiger partial charge in [-0.05, 0) is 39.5 Å². The second-order valence-corrected chi connectivity index (χ2v) is 6.83. The van der Waals surface area contributed by atoms with Gasteiger partial charge in [0.15, 0.2) is 0 Å². The second kappa shape index (κ2) is 6.29. The molecule has 1 aromatic heterocycles. The summed E-state index contributed by atoms with van der Waals surface area (Å²) in [4.78, 5) is 29.6. The third-order valence-corrected chi connectivity index (χ3v) is 5.11. The number of aryl methyl sites for hydroxylation is 1. The van der Waals surface area contributed by atoms with Crippen molar-refractivity contribution in [3.63, 3.8) is 0 Å². The summed E-state index contributed by atoms with van der Waals surface area (Å²) in [6, 6.07) is 0.189. The fraction of sp³-hybridized carbons (Fsp3) is 0.750. The van der Waals surface area contributed by atoms with Gasteiger partial charge >= 0.3 is 0 Å². The Hall–Kier alpha value is -1.92. The number of rotatable bonds is 4. The highest BCUT2D eigenvalue weighted by Crippen LogP contribution is 2.39. The zero-order valence-corrected chi connectivity index (χ0v) is 13.9. The molecule has 0 bridgehead atoms. The van der Waals surface area contributed by atoms with Crippen molar-refractivity contribution in [3.05, 3.63) is 12.7 Å². The molecule has 1 atom stereocenters. The molecule has 1 aromatic rings. The van der Waals surface area contributed by atoms with E-state index in [2.05, 4.69) is 10.2 Å². The lowest BCUT2D eigenvalue weighted by Crippen LogP contribution is -2.62. The topological polar surface area (TPSA) is 71.3 Å². The molecule has 2 aliphatic rings. The summed E-state index contributed by atoms with van der Waals surface area (Å²) >= 11 is 0. The van der Waals surface area contributed by atoms with Crippen LogP contribution in [0.4, 0.5) is 0 Å². The van der Waals surface area contributed by atoms with Gasteiger partial charge in [0.05, 0.1) is 0 Å². The maximum atomic E-state index is 13.0. The summed E-state index contributed by atoms with van der Waals surface area (Å²) in [7, 11) is 0. The lowest BCUT2D eigenvalue weighted by molar-refractivity contribution is -0.157. The number of hydrogen-bond donors (Lipinski definition) is 0. The fourth-order valence-electron chi connectivity index (χ4n) is 3.93. The minimum atomic E-state index is -0.590. The van der Waals surface area contributed by atoms with Gasteiger partial charge in [0.2, 0.25) is 11.8 Å². The van der Waals surface area contributed by atoms with Crippen LogP contribution in [-0.2, 0) is 16.1 Å². The van der Waals surface area contributed by atoms with Crippen LogP contribution in [0.2, 0.25) is 0 Å². The average molecular weight is 319 g/mol. The maximum absolute atomic E-state index is 13.0. The lowest BCUT2D eigenvalue weighted by atomic mass is 9.84. The molecular formula is C16H25N5O2. The quantitative estimate of drug-likeness (QED) is 0.832. The normalized spacial score (nSPS) is 24.9. The molecular weight excluding hydrogens is 294 g/mol. The van der Waals surface area contributed by atoms with Crippen molar-refractivity contribution in [2.45, 2.75) is 64.1 Å². The predicted molar refractivity (Wildman–Crippen MR) is 84.4 cm³/mol. The van der Waals surface area contributed by atoms with Crippen LogP contribution in [0.1, 0.15) is 46.0 Å². The first-order chi connectivity index (χ1) is 11.0. The van der Waals surface area contributed by atoms with Gasteiger partial charge in [-0.2, -0.15) is 0 Å². The molecule has 7 nitrogen and oxygen atoms in total. The van der Waals surface area contributed by atoms with Gasteiger partial charge < -0.3 is 14.4 Å². The smallest absolute Gasteiger partial charge is 0.248 e. The van der Waals surface area contributed by atoms with E-state index in [1.807, 2.05) is 23.6 Å². The molecule has 1 unspecified atom stereocenters. The Labute approximate surface area is 136 Å². The molecule has 3 rings (SSSR count). The molecule has 126 valence electrons.